The predicted octanol–water partition coefficient (Wildman–Crippen LogP) is 2.68. The van der Waals surface area contributed by atoms with Gasteiger partial charge in [0, 0.05) is 56.6 Å². The number of piperazine rings is 1. The molecule has 2 aromatic rings. The highest BCUT2D eigenvalue weighted by atomic mass is 19.1. The van der Waals surface area contributed by atoms with E-state index in [1.807, 2.05) is 36.1 Å². The molecule has 2 aromatic carbocycles. The number of halogens is 1. The van der Waals surface area contributed by atoms with Crippen LogP contribution in [-0.2, 0) is 4.79 Å². The van der Waals surface area contributed by atoms with Crippen LogP contribution in [0, 0.1) is 12.7 Å². The van der Waals surface area contributed by atoms with Crippen LogP contribution < -0.4 is 10.2 Å². The topological polar surface area (TPSA) is 55.9 Å². The minimum atomic E-state index is -0.235. The molecule has 0 radical (unpaired) electrons. The third-order valence-electron chi connectivity index (χ3n) is 6.50. The number of nitrogens with zero attached hydrogens (tertiary/aromatic N) is 3. The van der Waals surface area contributed by atoms with Gasteiger partial charge < -0.3 is 15.1 Å². The van der Waals surface area contributed by atoms with Crippen LogP contribution in [0.2, 0.25) is 0 Å². The van der Waals surface area contributed by atoms with Crippen molar-refractivity contribution in [2.45, 2.75) is 25.8 Å². The van der Waals surface area contributed by atoms with Crippen molar-refractivity contribution in [3.8, 4) is 0 Å². The fourth-order valence-corrected chi connectivity index (χ4v) is 4.48. The quantitative estimate of drug-likeness (QED) is 0.780. The van der Waals surface area contributed by atoms with Crippen molar-refractivity contribution in [2.24, 2.45) is 0 Å². The Morgan fingerprint density at radius 2 is 1.59 bits per heavy atom. The first kappa shape index (κ1) is 22.3. The first-order valence-corrected chi connectivity index (χ1v) is 11.4. The third-order valence-corrected chi connectivity index (χ3v) is 6.50. The number of hydrogen-bond donors (Lipinski definition) is 1. The molecule has 4 rings (SSSR count). The Kier molecular flexibility index (Phi) is 7.05. The van der Waals surface area contributed by atoms with Crippen LogP contribution >= 0.6 is 0 Å². The van der Waals surface area contributed by atoms with Gasteiger partial charge in [-0.15, -0.1) is 0 Å². The molecule has 0 aromatic heterocycles. The summed E-state index contributed by atoms with van der Waals surface area (Å²) in [4.78, 5) is 31.6. The number of likely N-dealkylation sites (tertiary alicyclic amines) is 1. The lowest BCUT2D eigenvalue weighted by molar-refractivity contribution is -0.133. The standard InChI is InChI=1S/C25H31FN4O2/c1-19-4-2-3-5-23(19)25(32)27-21-10-12-28(13-11-21)18-24(31)30-16-14-29(15-17-30)22-8-6-20(26)7-9-22/h2-9,21H,10-18H2,1H3,(H,27,32). The molecule has 0 unspecified atom stereocenters. The number of rotatable bonds is 5. The van der Waals surface area contributed by atoms with E-state index in [4.69, 9.17) is 0 Å². The minimum absolute atomic E-state index is 0.0170. The smallest absolute Gasteiger partial charge is 0.251 e. The lowest BCUT2D eigenvalue weighted by Gasteiger charge is -2.38. The molecule has 2 fully saturated rings. The van der Waals surface area contributed by atoms with E-state index in [-0.39, 0.29) is 23.7 Å². The number of hydrogen-bond acceptors (Lipinski definition) is 4. The summed E-state index contributed by atoms with van der Waals surface area (Å²) in [5, 5.41) is 3.15. The molecule has 170 valence electrons. The number of amides is 2. The normalized spacial score (nSPS) is 17.9. The van der Waals surface area contributed by atoms with Crippen molar-refractivity contribution in [1.82, 2.24) is 15.1 Å². The second kappa shape index (κ2) is 10.1. The summed E-state index contributed by atoms with van der Waals surface area (Å²) in [5.41, 5.74) is 2.70. The molecule has 2 aliphatic rings. The second-order valence-electron chi connectivity index (χ2n) is 8.68. The molecule has 6 nitrogen and oxygen atoms in total. The van der Waals surface area contributed by atoms with Crippen LogP contribution in [0.5, 0.6) is 0 Å². The zero-order valence-corrected chi connectivity index (χ0v) is 18.6. The lowest BCUT2D eigenvalue weighted by Crippen LogP contribution is -2.52. The number of aryl methyl sites for hydroxylation is 1. The van der Waals surface area contributed by atoms with E-state index in [0.717, 1.165) is 55.8 Å². The van der Waals surface area contributed by atoms with Gasteiger partial charge in [0.2, 0.25) is 5.91 Å². The molecule has 0 bridgehead atoms. The van der Waals surface area contributed by atoms with Crippen LogP contribution in [-0.4, -0.2) is 73.5 Å². The Hall–Kier alpha value is -2.93. The van der Waals surface area contributed by atoms with Crippen LogP contribution in [0.4, 0.5) is 10.1 Å². The summed E-state index contributed by atoms with van der Waals surface area (Å²) >= 11 is 0. The first-order chi connectivity index (χ1) is 15.5. The summed E-state index contributed by atoms with van der Waals surface area (Å²) < 4.78 is 13.1. The highest BCUT2D eigenvalue weighted by Crippen LogP contribution is 2.18. The molecular formula is C25H31FN4O2. The highest BCUT2D eigenvalue weighted by molar-refractivity contribution is 5.95. The summed E-state index contributed by atoms with van der Waals surface area (Å²) in [5.74, 6) is -0.0936. The summed E-state index contributed by atoms with van der Waals surface area (Å²) in [6, 6.07) is 14.3. The maximum absolute atomic E-state index is 13.1. The van der Waals surface area contributed by atoms with Gasteiger partial charge in [-0.05, 0) is 55.7 Å². The van der Waals surface area contributed by atoms with Gasteiger partial charge in [0.15, 0.2) is 0 Å². The average molecular weight is 439 g/mol. The van der Waals surface area contributed by atoms with E-state index >= 15 is 0 Å². The zero-order chi connectivity index (χ0) is 22.5. The molecule has 2 amide bonds. The van der Waals surface area contributed by atoms with E-state index in [2.05, 4.69) is 15.1 Å². The van der Waals surface area contributed by atoms with Gasteiger partial charge in [-0.3, -0.25) is 14.5 Å². The summed E-state index contributed by atoms with van der Waals surface area (Å²) in [6.45, 7) is 6.85. The Balaban J connectivity index is 1.19. The maximum Gasteiger partial charge on any atom is 0.251 e. The van der Waals surface area contributed by atoms with Crippen LogP contribution in [0.1, 0.15) is 28.8 Å². The van der Waals surface area contributed by atoms with Crippen molar-refractivity contribution < 1.29 is 14.0 Å². The molecule has 0 spiro atoms. The summed E-state index contributed by atoms with van der Waals surface area (Å²) in [7, 11) is 0. The number of anilines is 1. The third kappa shape index (κ3) is 5.46. The minimum Gasteiger partial charge on any atom is -0.368 e. The lowest BCUT2D eigenvalue weighted by atomic mass is 10.0. The van der Waals surface area contributed by atoms with Gasteiger partial charge in [-0.1, -0.05) is 18.2 Å². The Labute approximate surface area is 189 Å². The molecule has 2 heterocycles. The molecule has 2 aliphatic heterocycles. The van der Waals surface area contributed by atoms with Crippen molar-refractivity contribution in [3.05, 3.63) is 65.5 Å². The van der Waals surface area contributed by atoms with Crippen molar-refractivity contribution in [2.75, 3.05) is 50.7 Å². The molecule has 32 heavy (non-hydrogen) atoms. The van der Waals surface area contributed by atoms with Crippen molar-refractivity contribution in [3.63, 3.8) is 0 Å². The number of carbonyl (C=O) groups is 2. The highest BCUT2D eigenvalue weighted by Gasteiger charge is 2.26. The monoisotopic (exact) mass is 438 g/mol. The van der Waals surface area contributed by atoms with Gasteiger partial charge in [0.05, 0.1) is 6.54 Å². The van der Waals surface area contributed by atoms with Crippen molar-refractivity contribution >= 4 is 17.5 Å². The average Bonchev–Trinajstić information content (AvgIpc) is 2.81. The van der Waals surface area contributed by atoms with E-state index in [0.29, 0.717) is 19.6 Å². The number of piperidine rings is 1. The largest absolute Gasteiger partial charge is 0.368 e. The van der Waals surface area contributed by atoms with Crippen LogP contribution in [0.3, 0.4) is 0 Å². The van der Waals surface area contributed by atoms with Gasteiger partial charge in [-0.2, -0.15) is 0 Å². The van der Waals surface area contributed by atoms with E-state index in [1.54, 1.807) is 12.1 Å². The van der Waals surface area contributed by atoms with Gasteiger partial charge in [0.25, 0.3) is 5.91 Å². The van der Waals surface area contributed by atoms with Gasteiger partial charge in [0.1, 0.15) is 5.82 Å². The van der Waals surface area contributed by atoms with Crippen LogP contribution in [0.25, 0.3) is 0 Å². The number of carbonyl (C=O) groups excluding carboxylic acids is 2. The molecule has 0 aliphatic carbocycles. The van der Waals surface area contributed by atoms with Crippen LogP contribution in [0.15, 0.2) is 48.5 Å². The first-order valence-electron chi connectivity index (χ1n) is 11.4. The molecule has 0 atom stereocenters. The molecular weight excluding hydrogens is 407 g/mol. The predicted molar refractivity (Wildman–Crippen MR) is 123 cm³/mol. The van der Waals surface area contributed by atoms with E-state index in [1.165, 1.54) is 12.1 Å². The zero-order valence-electron chi connectivity index (χ0n) is 18.6. The van der Waals surface area contributed by atoms with E-state index in [9.17, 15) is 14.0 Å². The fraction of sp³-hybridized carbons (Fsp3) is 0.440. The molecule has 2 saturated heterocycles. The Morgan fingerprint density at radius 3 is 2.25 bits per heavy atom. The SMILES string of the molecule is Cc1ccccc1C(=O)NC1CCN(CC(=O)N2CCN(c3ccc(F)cc3)CC2)CC1. The summed E-state index contributed by atoms with van der Waals surface area (Å²) in [6.07, 6.45) is 1.70. The molecule has 7 heteroatoms. The number of nitrogens with one attached hydrogen (secondary N) is 1. The van der Waals surface area contributed by atoms with Gasteiger partial charge in [-0.25, -0.2) is 4.39 Å². The second-order valence-corrected chi connectivity index (χ2v) is 8.68. The van der Waals surface area contributed by atoms with E-state index < -0.39 is 0 Å². The molecule has 0 saturated carbocycles. The van der Waals surface area contributed by atoms with Crippen molar-refractivity contribution in [1.29, 1.82) is 0 Å². The number of benzene rings is 2. The Morgan fingerprint density at radius 1 is 0.938 bits per heavy atom. The molecule has 1 N–H and O–H groups in total. The fourth-order valence-electron chi connectivity index (χ4n) is 4.48. The Bertz CT molecular complexity index is 933. The maximum atomic E-state index is 13.1. The van der Waals surface area contributed by atoms with Gasteiger partial charge >= 0.3 is 0 Å².